The van der Waals surface area contributed by atoms with Gasteiger partial charge >= 0.3 is 5.97 Å². The molecule has 0 unspecified atom stereocenters. The van der Waals surface area contributed by atoms with Crippen LogP contribution in [0.15, 0.2) is 53.9 Å². The van der Waals surface area contributed by atoms with Crippen LogP contribution >= 0.6 is 22.9 Å². The molecule has 0 radical (unpaired) electrons. The maximum absolute atomic E-state index is 12.3. The van der Waals surface area contributed by atoms with Gasteiger partial charge in [0.1, 0.15) is 5.69 Å². The number of thiazole rings is 1. The number of aromatic amines is 1. The molecule has 2 heterocycles. The number of nitrogens with one attached hydrogen (secondary N) is 2. The fraction of sp³-hybridized carbons (Fsp3) is 0.0952. The van der Waals surface area contributed by atoms with E-state index in [2.05, 4.69) is 15.3 Å². The minimum atomic E-state index is -0.687. The number of hydrogen-bond acceptors (Lipinski definition) is 5. The summed E-state index contributed by atoms with van der Waals surface area (Å²) < 4.78 is 5.11. The van der Waals surface area contributed by atoms with Gasteiger partial charge in [-0.05, 0) is 25.1 Å². The molecule has 0 saturated carbocycles. The molecule has 146 valence electrons. The molecule has 0 saturated heterocycles. The lowest BCUT2D eigenvalue weighted by Gasteiger charge is -2.07. The number of fused-ring (bicyclic) bond motifs is 1. The van der Waals surface area contributed by atoms with E-state index in [0.717, 1.165) is 27.2 Å². The molecule has 2 aromatic carbocycles. The third-order valence-electron chi connectivity index (χ3n) is 4.24. The standard InChI is InChI=1S/C21H16ClN3O3S/c1-12-23-17(11-29-12)13-5-4-6-14(9-13)24-18(26)10-28-21(27)20-19(22)15-7-2-3-8-16(15)25-20/h2-9,11,25H,10H2,1H3,(H,24,26). The van der Waals surface area contributed by atoms with Crippen molar-refractivity contribution in [2.24, 2.45) is 0 Å². The predicted molar refractivity (Wildman–Crippen MR) is 115 cm³/mol. The molecule has 8 heteroatoms. The van der Waals surface area contributed by atoms with Gasteiger partial charge in [0.05, 0.1) is 15.7 Å². The van der Waals surface area contributed by atoms with Crippen LogP contribution in [0.3, 0.4) is 0 Å². The van der Waals surface area contributed by atoms with Gasteiger partial charge in [0.25, 0.3) is 5.91 Å². The Labute approximate surface area is 175 Å². The molecule has 1 amide bonds. The summed E-state index contributed by atoms with van der Waals surface area (Å²) in [5.41, 5.74) is 3.19. The summed E-state index contributed by atoms with van der Waals surface area (Å²) in [5.74, 6) is -1.13. The van der Waals surface area contributed by atoms with Crippen molar-refractivity contribution >= 4 is 51.4 Å². The highest BCUT2D eigenvalue weighted by Gasteiger charge is 2.18. The summed E-state index contributed by atoms with van der Waals surface area (Å²) >= 11 is 7.80. The van der Waals surface area contributed by atoms with E-state index in [0.29, 0.717) is 5.69 Å². The Hall–Kier alpha value is -3.16. The number of hydrogen-bond donors (Lipinski definition) is 2. The van der Waals surface area contributed by atoms with E-state index in [-0.39, 0.29) is 10.7 Å². The lowest BCUT2D eigenvalue weighted by Crippen LogP contribution is -2.21. The number of nitrogens with zero attached hydrogens (tertiary/aromatic N) is 1. The highest BCUT2D eigenvalue weighted by Crippen LogP contribution is 2.28. The Bertz CT molecular complexity index is 1210. The fourth-order valence-corrected chi connectivity index (χ4v) is 3.81. The quantitative estimate of drug-likeness (QED) is 0.438. The zero-order valence-corrected chi connectivity index (χ0v) is 16.9. The number of H-pyrrole nitrogens is 1. The summed E-state index contributed by atoms with van der Waals surface area (Å²) in [6.07, 6.45) is 0. The van der Waals surface area contributed by atoms with Gasteiger partial charge in [0.15, 0.2) is 6.61 Å². The van der Waals surface area contributed by atoms with Gasteiger partial charge in [-0.2, -0.15) is 0 Å². The monoisotopic (exact) mass is 425 g/mol. The van der Waals surface area contributed by atoms with Gasteiger partial charge in [-0.1, -0.05) is 41.9 Å². The number of esters is 1. The molecule has 0 aliphatic heterocycles. The molecule has 4 rings (SSSR count). The van der Waals surface area contributed by atoms with E-state index in [9.17, 15) is 9.59 Å². The molecule has 0 atom stereocenters. The number of carbonyl (C=O) groups excluding carboxylic acids is 2. The van der Waals surface area contributed by atoms with Gasteiger partial charge in [-0.15, -0.1) is 11.3 Å². The van der Waals surface area contributed by atoms with Gasteiger partial charge in [-0.25, -0.2) is 9.78 Å². The van der Waals surface area contributed by atoms with E-state index < -0.39 is 18.5 Å². The van der Waals surface area contributed by atoms with Gasteiger partial charge in [-0.3, -0.25) is 4.79 Å². The number of carbonyl (C=O) groups is 2. The minimum absolute atomic E-state index is 0.126. The number of aromatic nitrogens is 2. The van der Waals surface area contributed by atoms with Crippen LogP contribution in [0, 0.1) is 6.92 Å². The second-order valence-corrected chi connectivity index (χ2v) is 7.76. The molecular formula is C21H16ClN3O3S. The zero-order chi connectivity index (χ0) is 20.4. The predicted octanol–water partition coefficient (Wildman–Crippen LogP) is 5.05. The average molecular weight is 426 g/mol. The molecule has 6 nitrogen and oxygen atoms in total. The first kappa shape index (κ1) is 19.2. The number of ether oxygens (including phenoxy) is 1. The molecule has 0 fully saturated rings. The first-order chi connectivity index (χ1) is 14.0. The zero-order valence-electron chi connectivity index (χ0n) is 15.4. The number of rotatable bonds is 5. The van der Waals surface area contributed by atoms with Crippen molar-refractivity contribution in [1.29, 1.82) is 0 Å². The van der Waals surface area contributed by atoms with Crippen molar-refractivity contribution in [2.75, 3.05) is 11.9 Å². The molecule has 0 bridgehead atoms. The smallest absolute Gasteiger partial charge is 0.356 e. The van der Waals surface area contributed by atoms with E-state index in [1.165, 1.54) is 0 Å². The highest BCUT2D eigenvalue weighted by molar-refractivity contribution is 7.09. The van der Waals surface area contributed by atoms with Crippen molar-refractivity contribution in [2.45, 2.75) is 6.92 Å². The molecule has 4 aromatic rings. The number of halogens is 1. The Morgan fingerprint density at radius 3 is 2.79 bits per heavy atom. The van der Waals surface area contributed by atoms with E-state index in [1.807, 2.05) is 48.7 Å². The topological polar surface area (TPSA) is 84.1 Å². The Morgan fingerprint density at radius 1 is 1.21 bits per heavy atom. The van der Waals surface area contributed by atoms with Gasteiger partial charge in [0, 0.05) is 27.5 Å². The fourth-order valence-electron chi connectivity index (χ4n) is 2.90. The molecule has 2 aromatic heterocycles. The van der Waals surface area contributed by atoms with Gasteiger partial charge in [0.2, 0.25) is 0 Å². The van der Waals surface area contributed by atoms with Crippen LogP contribution in [0.2, 0.25) is 5.02 Å². The second kappa shape index (κ2) is 8.06. The van der Waals surface area contributed by atoms with Crippen LogP contribution in [0.1, 0.15) is 15.5 Å². The average Bonchev–Trinajstić information content (AvgIpc) is 3.30. The molecule has 0 spiro atoms. The summed E-state index contributed by atoms with van der Waals surface area (Å²) in [7, 11) is 0. The van der Waals surface area contributed by atoms with Gasteiger partial charge < -0.3 is 15.0 Å². The summed E-state index contributed by atoms with van der Waals surface area (Å²) in [6.45, 7) is 1.51. The maximum atomic E-state index is 12.3. The van der Waals surface area contributed by atoms with Crippen molar-refractivity contribution < 1.29 is 14.3 Å². The van der Waals surface area contributed by atoms with E-state index >= 15 is 0 Å². The normalized spacial score (nSPS) is 10.8. The number of amides is 1. The first-order valence-corrected chi connectivity index (χ1v) is 10.0. The van der Waals surface area contributed by atoms with Crippen molar-refractivity contribution in [1.82, 2.24) is 9.97 Å². The van der Waals surface area contributed by atoms with Crippen molar-refractivity contribution in [3.8, 4) is 11.3 Å². The highest BCUT2D eigenvalue weighted by atomic mass is 35.5. The van der Waals surface area contributed by atoms with Crippen molar-refractivity contribution in [3.63, 3.8) is 0 Å². The molecular weight excluding hydrogens is 410 g/mol. The minimum Gasteiger partial charge on any atom is -0.451 e. The van der Waals surface area contributed by atoms with Crippen LogP contribution in [0.25, 0.3) is 22.2 Å². The molecule has 0 aliphatic carbocycles. The van der Waals surface area contributed by atoms with Crippen LogP contribution in [-0.4, -0.2) is 28.5 Å². The number of para-hydroxylation sites is 1. The van der Waals surface area contributed by atoms with E-state index in [4.69, 9.17) is 16.3 Å². The third-order valence-corrected chi connectivity index (χ3v) is 5.41. The molecule has 29 heavy (non-hydrogen) atoms. The van der Waals surface area contributed by atoms with Crippen LogP contribution in [0.4, 0.5) is 5.69 Å². The Kier molecular flexibility index (Phi) is 5.33. The maximum Gasteiger partial charge on any atom is 0.356 e. The lowest BCUT2D eigenvalue weighted by molar-refractivity contribution is -0.119. The Morgan fingerprint density at radius 2 is 2.03 bits per heavy atom. The Balaban J connectivity index is 1.40. The lowest BCUT2D eigenvalue weighted by atomic mass is 10.1. The number of aryl methyl sites for hydroxylation is 1. The van der Waals surface area contributed by atoms with E-state index in [1.54, 1.807) is 23.5 Å². The van der Waals surface area contributed by atoms with Crippen LogP contribution in [-0.2, 0) is 9.53 Å². The summed E-state index contributed by atoms with van der Waals surface area (Å²) in [5, 5.41) is 6.65. The number of benzene rings is 2. The van der Waals surface area contributed by atoms with Crippen molar-refractivity contribution in [3.05, 3.63) is 69.6 Å². The molecule has 2 N–H and O–H groups in total. The second-order valence-electron chi connectivity index (χ2n) is 6.32. The third kappa shape index (κ3) is 4.16. The summed E-state index contributed by atoms with van der Waals surface area (Å²) in [4.78, 5) is 31.9. The SMILES string of the molecule is Cc1nc(-c2cccc(NC(=O)COC(=O)c3[nH]c4ccccc4c3Cl)c2)cs1. The first-order valence-electron chi connectivity index (χ1n) is 8.77. The summed E-state index contributed by atoms with van der Waals surface area (Å²) in [6, 6.07) is 14.6. The number of anilines is 1. The van der Waals surface area contributed by atoms with Crippen LogP contribution < -0.4 is 5.32 Å². The largest absolute Gasteiger partial charge is 0.451 e. The van der Waals surface area contributed by atoms with Crippen LogP contribution in [0.5, 0.6) is 0 Å². The molecule has 0 aliphatic rings.